The maximum absolute atomic E-state index is 14.0. The molecule has 0 amide bonds. The van der Waals surface area contributed by atoms with Crippen molar-refractivity contribution in [3.05, 3.63) is 51.5 Å². The monoisotopic (exact) mass is 402 g/mol. The van der Waals surface area contributed by atoms with E-state index in [0.717, 1.165) is 34.4 Å². The topological polar surface area (TPSA) is 17.8 Å². The molecule has 0 bridgehead atoms. The molecule has 20 heavy (non-hydrogen) atoms. The summed E-state index contributed by atoms with van der Waals surface area (Å²) in [6.07, 6.45) is 0.751. The fourth-order valence-corrected chi connectivity index (χ4v) is 3.37. The van der Waals surface area contributed by atoms with Crippen LogP contribution in [0.5, 0.6) is 0 Å². The maximum atomic E-state index is 14.0. The van der Waals surface area contributed by atoms with Gasteiger partial charge in [-0.3, -0.25) is 4.68 Å². The number of hydrogen-bond donors (Lipinski definition) is 0. The second-order valence-electron chi connectivity index (χ2n) is 4.74. The molecule has 1 aromatic carbocycles. The fourth-order valence-electron chi connectivity index (χ4n) is 2.35. The van der Waals surface area contributed by atoms with Gasteiger partial charge >= 0.3 is 0 Å². The predicted molar refractivity (Wildman–Crippen MR) is 87.0 cm³/mol. The molecule has 0 aliphatic carbocycles. The summed E-state index contributed by atoms with van der Waals surface area (Å²) in [6, 6.07) is 6.98. The lowest BCUT2D eigenvalue weighted by Gasteiger charge is -2.16. The van der Waals surface area contributed by atoms with Gasteiger partial charge in [0, 0.05) is 17.8 Å². The number of nitrogens with zero attached hydrogens (tertiary/aromatic N) is 2. The highest BCUT2D eigenvalue weighted by Crippen LogP contribution is 2.30. The molecule has 1 unspecified atom stereocenters. The number of benzene rings is 1. The van der Waals surface area contributed by atoms with Crippen LogP contribution >= 0.6 is 31.9 Å². The normalized spacial score (nSPS) is 12.7. The van der Waals surface area contributed by atoms with Gasteiger partial charge in [-0.25, -0.2) is 4.39 Å². The molecule has 5 heteroatoms. The van der Waals surface area contributed by atoms with Crippen molar-refractivity contribution in [1.82, 2.24) is 9.78 Å². The van der Waals surface area contributed by atoms with E-state index in [-0.39, 0.29) is 11.7 Å². The molecule has 0 N–H and O–H groups in total. The Labute approximate surface area is 135 Å². The molecule has 2 aromatic rings. The van der Waals surface area contributed by atoms with Crippen LogP contribution < -0.4 is 0 Å². The minimum atomic E-state index is -0.146. The average Bonchev–Trinajstić information content (AvgIpc) is 2.73. The molecule has 0 saturated heterocycles. The van der Waals surface area contributed by atoms with Gasteiger partial charge in [-0.1, -0.05) is 34.1 Å². The number of aryl methyl sites for hydroxylation is 2. The van der Waals surface area contributed by atoms with Gasteiger partial charge in [0.25, 0.3) is 0 Å². The largest absolute Gasteiger partial charge is 0.268 e. The van der Waals surface area contributed by atoms with Crippen molar-refractivity contribution in [3.8, 4) is 0 Å². The average molecular weight is 404 g/mol. The van der Waals surface area contributed by atoms with Gasteiger partial charge in [-0.05, 0) is 47.8 Å². The molecule has 2 nitrogen and oxygen atoms in total. The van der Waals surface area contributed by atoms with E-state index >= 15 is 0 Å². The number of halogens is 3. The van der Waals surface area contributed by atoms with Crippen LogP contribution in [-0.2, 0) is 13.0 Å². The second-order valence-corrected chi connectivity index (χ2v) is 6.18. The molecule has 0 spiro atoms. The molecule has 1 heterocycles. The highest BCUT2D eigenvalue weighted by Gasteiger charge is 2.20. The van der Waals surface area contributed by atoms with E-state index in [0.29, 0.717) is 5.33 Å². The SMILES string of the molecule is CCn1nc(C)c(Br)c1CC(CBr)c1ccccc1F. The van der Waals surface area contributed by atoms with E-state index in [9.17, 15) is 4.39 Å². The zero-order valence-electron chi connectivity index (χ0n) is 11.5. The number of hydrogen-bond acceptors (Lipinski definition) is 1. The Balaban J connectivity index is 2.34. The zero-order chi connectivity index (χ0) is 14.7. The van der Waals surface area contributed by atoms with Crippen LogP contribution in [0, 0.1) is 12.7 Å². The lowest BCUT2D eigenvalue weighted by molar-refractivity contribution is 0.567. The van der Waals surface area contributed by atoms with Gasteiger partial charge in [0.15, 0.2) is 0 Å². The molecule has 0 radical (unpaired) electrons. The summed E-state index contributed by atoms with van der Waals surface area (Å²) < 4.78 is 17.0. The zero-order valence-corrected chi connectivity index (χ0v) is 14.7. The molecule has 2 rings (SSSR count). The molecule has 1 atom stereocenters. The Bertz CT molecular complexity index is 596. The molecular formula is C15H17Br2FN2. The summed E-state index contributed by atoms with van der Waals surface area (Å²) in [4.78, 5) is 0. The Kier molecular flexibility index (Phi) is 5.38. The number of alkyl halides is 1. The molecule has 0 aliphatic heterocycles. The van der Waals surface area contributed by atoms with Crippen LogP contribution in [0.4, 0.5) is 4.39 Å². The smallest absolute Gasteiger partial charge is 0.126 e. The first-order chi connectivity index (χ1) is 9.58. The van der Waals surface area contributed by atoms with Crippen LogP contribution in [0.3, 0.4) is 0 Å². The summed E-state index contributed by atoms with van der Waals surface area (Å²) in [6.45, 7) is 4.86. The van der Waals surface area contributed by atoms with Gasteiger partial charge < -0.3 is 0 Å². The third-order valence-electron chi connectivity index (χ3n) is 3.42. The van der Waals surface area contributed by atoms with Crippen LogP contribution in [-0.4, -0.2) is 15.1 Å². The Hall–Kier alpha value is -0.680. The molecule has 0 saturated carbocycles. The first-order valence-corrected chi connectivity index (χ1v) is 8.52. The van der Waals surface area contributed by atoms with Crippen LogP contribution in [0.2, 0.25) is 0 Å². The quantitative estimate of drug-likeness (QED) is 0.653. The van der Waals surface area contributed by atoms with Crippen molar-refractivity contribution in [2.45, 2.75) is 32.7 Å². The number of rotatable bonds is 5. The van der Waals surface area contributed by atoms with Crippen molar-refractivity contribution in [3.63, 3.8) is 0 Å². The van der Waals surface area contributed by atoms with Crippen molar-refractivity contribution in [2.75, 3.05) is 5.33 Å². The lowest BCUT2D eigenvalue weighted by atomic mass is 9.95. The van der Waals surface area contributed by atoms with Gasteiger partial charge in [-0.2, -0.15) is 5.10 Å². The van der Waals surface area contributed by atoms with Crippen molar-refractivity contribution >= 4 is 31.9 Å². The maximum Gasteiger partial charge on any atom is 0.126 e. The predicted octanol–water partition coefficient (Wildman–Crippen LogP) is 4.83. The summed E-state index contributed by atoms with van der Waals surface area (Å²) in [5.74, 6) is -0.0544. The van der Waals surface area contributed by atoms with Crippen molar-refractivity contribution in [1.29, 1.82) is 0 Å². The van der Waals surface area contributed by atoms with E-state index in [4.69, 9.17) is 0 Å². The molecule has 108 valence electrons. The second kappa shape index (κ2) is 6.85. The van der Waals surface area contributed by atoms with Crippen LogP contribution in [0.1, 0.15) is 29.8 Å². The standard InChI is InChI=1S/C15H17Br2FN2/c1-3-20-14(15(17)10(2)19-20)8-11(9-16)12-6-4-5-7-13(12)18/h4-7,11H,3,8-9H2,1-2H3. The van der Waals surface area contributed by atoms with E-state index in [1.165, 1.54) is 6.07 Å². The van der Waals surface area contributed by atoms with E-state index < -0.39 is 0 Å². The highest BCUT2D eigenvalue weighted by molar-refractivity contribution is 9.10. The minimum absolute atomic E-state index is 0.0916. The van der Waals surface area contributed by atoms with Gasteiger partial charge in [0.2, 0.25) is 0 Å². The van der Waals surface area contributed by atoms with E-state index in [2.05, 4.69) is 43.9 Å². The number of aromatic nitrogens is 2. The lowest BCUT2D eigenvalue weighted by Crippen LogP contribution is -2.11. The van der Waals surface area contributed by atoms with E-state index in [1.54, 1.807) is 6.07 Å². The summed E-state index contributed by atoms with van der Waals surface area (Å²) in [5, 5.41) is 5.21. The third kappa shape index (κ3) is 3.14. The first-order valence-electron chi connectivity index (χ1n) is 6.60. The van der Waals surface area contributed by atoms with Crippen molar-refractivity contribution < 1.29 is 4.39 Å². The molecular weight excluding hydrogens is 387 g/mol. The van der Waals surface area contributed by atoms with E-state index in [1.807, 2.05) is 23.7 Å². The summed E-state index contributed by atoms with van der Waals surface area (Å²) >= 11 is 7.11. The molecule has 0 fully saturated rings. The minimum Gasteiger partial charge on any atom is -0.268 e. The Morgan fingerprint density at radius 1 is 1.35 bits per heavy atom. The fraction of sp³-hybridized carbons (Fsp3) is 0.400. The summed E-state index contributed by atoms with van der Waals surface area (Å²) in [7, 11) is 0. The van der Waals surface area contributed by atoms with Gasteiger partial charge in [0.1, 0.15) is 5.82 Å². The Morgan fingerprint density at radius 3 is 2.65 bits per heavy atom. The molecule has 1 aromatic heterocycles. The third-order valence-corrected chi connectivity index (χ3v) is 5.24. The highest BCUT2D eigenvalue weighted by atomic mass is 79.9. The van der Waals surface area contributed by atoms with Crippen molar-refractivity contribution in [2.24, 2.45) is 0 Å². The van der Waals surface area contributed by atoms with Crippen LogP contribution in [0.25, 0.3) is 0 Å². The van der Waals surface area contributed by atoms with Gasteiger partial charge in [0.05, 0.1) is 15.9 Å². The molecule has 0 aliphatic rings. The Morgan fingerprint density at radius 2 is 2.05 bits per heavy atom. The van der Waals surface area contributed by atoms with Gasteiger partial charge in [-0.15, -0.1) is 0 Å². The first kappa shape index (κ1) is 15.7. The summed E-state index contributed by atoms with van der Waals surface area (Å²) in [5.41, 5.74) is 2.85. The van der Waals surface area contributed by atoms with Crippen LogP contribution in [0.15, 0.2) is 28.7 Å².